The Morgan fingerprint density at radius 3 is 2.46 bits per heavy atom. The Labute approximate surface area is 178 Å². The largest absolute Gasteiger partial charge is 0.444 e. The molecule has 0 aliphatic carbocycles. The first kappa shape index (κ1) is 25.0. The van der Waals surface area contributed by atoms with Crippen molar-refractivity contribution >= 4 is 47.4 Å². The van der Waals surface area contributed by atoms with Crippen LogP contribution >= 0.6 is 35.3 Å². The molecule has 8 heteroatoms. The van der Waals surface area contributed by atoms with E-state index < -0.39 is 17.2 Å². The number of thiophene rings is 1. The number of aliphatic imine (C=N–C) groups is 1. The van der Waals surface area contributed by atoms with E-state index in [1.165, 1.54) is 4.88 Å². The average Bonchev–Trinajstić information content (AvgIpc) is 2.95. The minimum absolute atomic E-state index is 0. The van der Waals surface area contributed by atoms with E-state index in [4.69, 9.17) is 4.74 Å². The van der Waals surface area contributed by atoms with Crippen molar-refractivity contribution in [2.75, 3.05) is 19.6 Å². The number of carbonyl (C=O) groups is 1. The van der Waals surface area contributed by atoms with Crippen LogP contribution in [-0.4, -0.2) is 42.8 Å². The Morgan fingerprint density at radius 2 is 1.92 bits per heavy atom. The molecule has 0 radical (unpaired) electrons. The summed E-state index contributed by atoms with van der Waals surface area (Å²) in [5, 5.41) is 11.5. The van der Waals surface area contributed by atoms with Crippen LogP contribution in [0.5, 0.6) is 0 Å². The molecule has 0 bridgehead atoms. The van der Waals surface area contributed by atoms with Gasteiger partial charge in [0.15, 0.2) is 5.96 Å². The lowest BCUT2D eigenvalue weighted by molar-refractivity contribution is 0.0476. The van der Waals surface area contributed by atoms with Crippen LogP contribution in [0.3, 0.4) is 0 Å². The lowest BCUT2D eigenvalue weighted by atomic mass is 10.1. The summed E-state index contributed by atoms with van der Waals surface area (Å²) in [4.78, 5) is 17.9. The fraction of sp³-hybridized carbons (Fsp3) is 0.667. The number of guanidine groups is 1. The Balaban J connectivity index is 0.00000625. The summed E-state index contributed by atoms with van der Waals surface area (Å²) >= 11 is 1.76. The summed E-state index contributed by atoms with van der Waals surface area (Å²) in [6.45, 7) is 13.5. The number of amides is 1. The van der Waals surface area contributed by atoms with Gasteiger partial charge in [-0.2, -0.15) is 0 Å². The number of halogens is 1. The Morgan fingerprint density at radius 1 is 1.23 bits per heavy atom. The van der Waals surface area contributed by atoms with Gasteiger partial charge in [-0.15, -0.1) is 35.3 Å². The molecule has 1 amide bonds. The molecule has 0 fully saturated rings. The van der Waals surface area contributed by atoms with Gasteiger partial charge in [0, 0.05) is 18.0 Å². The van der Waals surface area contributed by atoms with Gasteiger partial charge in [0.05, 0.1) is 12.1 Å². The highest BCUT2D eigenvalue weighted by molar-refractivity contribution is 14.0. The Hall–Kier alpha value is -1.03. The highest BCUT2D eigenvalue weighted by atomic mass is 127. The van der Waals surface area contributed by atoms with Crippen molar-refractivity contribution in [2.24, 2.45) is 4.99 Å². The number of nitrogens with one attached hydrogen (secondary N) is 3. The van der Waals surface area contributed by atoms with E-state index in [1.807, 2.05) is 41.5 Å². The van der Waals surface area contributed by atoms with Crippen LogP contribution in [-0.2, 0) is 11.2 Å². The second-order valence-corrected chi connectivity index (χ2v) is 8.49. The number of hydrogen-bond donors (Lipinski definition) is 3. The van der Waals surface area contributed by atoms with Crippen molar-refractivity contribution in [3.05, 3.63) is 22.4 Å². The van der Waals surface area contributed by atoms with Crippen molar-refractivity contribution in [1.29, 1.82) is 0 Å². The van der Waals surface area contributed by atoms with E-state index in [0.717, 1.165) is 25.5 Å². The smallest absolute Gasteiger partial charge is 0.408 e. The van der Waals surface area contributed by atoms with Gasteiger partial charge in [-0.05, 0) is 59.4 Å². The molecule has 1 aromatic heterocycles. The number of nitrogens with zero attached hydrogens (tertiary/aromatic N) is 1. The molecule has 1 aromatic rings. The van der Waals surface area contributed by atoms with Gasteiger partial charge in [0.25, 0.3) is 0 Å². The Kier molecular flexibility index (Phi) is 11.2. The quantitative estimate of drug-likeness (QED) is 0.305. The van der Waals surface area contributed by atoms with Crippen molar-refractivity contribution in [3.63, 3.8) is 0 Å². The van der Waals surface area contributed by atoms with Crippen molar-refractivity contribution < 1.29 is 9.53 Å². The topological polar surface area (TPSA) is 74.8 Å². The minimum Gasteiger partial charge on any atom is -0.444 e. The summed E-state index contributed by atoms with van der Waals surface area (Å²) < 4.78 is 5.31. The fourth-order valence-electron chi connectivity index (χ4n) is 2.00. The van der Waals surface area contributed by atoms with Gasteiger partial charge in [0.2, 0.25) is 0 Å². The van der Waals surface area contributed by atoms with Crippen molar-refractivity contribution in [3.8, 4) is 0 Å². The summed E-state index contributed by atoms with van der Waals surface area (Å²) in [5.74, 6) is 0.748. The summed E-state index contributed by atoms with van der Waals surface area (Å²) in [6.07, 6.45) is 0.533. The van der Waals surface area contributed by atoms with Crippen LogP contribution in [0.4, 0.5) is 4.79 Å². The molecule has 0 atom stereocenters. The van der Waals surface area contributed by atoms with Gasteiger partial charge in [-0.25, -0.2) is 4.79 Å². The standard InChI is InChI=1S/C18H32N4O2S.HI/c1-7-19-15(20-11-10-14-9-8-12-25-14)21-13-18(5,6)22-16(23)24-17(2,3)4;/h8-9,12H,7,10-11,13H2,1-6H3,(H,22,23)(H2,19,20,21);1H. The number of carbonyl (C=O) groups excluding carboxylic acids is 1. The van der Waals surface area contributed by atoms with Crippen LogP contribution in [0.15, 0.2) is 22.5 Å². The van der Waals surface area contributed by atoms with Gasteiger partial charge in [-0.3, -0.25) is 4.99 Å². The molecule has 3 N–H and O–H groups in total. The molecule has 0 aliphatic heterocycles. The fourth-order valence-corrected chi connectivity index (χ4v) is 2.71. The predicted molar refractivity (Wildman–Crippen MR) is 121 cm³/mol. The van der Waals surface area contributed by atoms with E-state index in [9.17, 15) is 4.79 Å². The van der Waals surface area contributed by atoms with Crippen LogP contribution in [0.25, 0.3) is 0 Å². The molecule has 0 aliphatic rings. The third kappa shape index (κ3) is 11.6. The third-order valence-corrected chi connectivity index (χ3v) is 4.00. The second-order valence-electron chi connectivity index (χ2n) is 7.46. The monoisotopic (exact) mass is 496 g/mol. The zero-order valence-electron chi connectivity index (χ0n) is 16.6. The van der Waals surface area contributed by atoms with Gasteiger partial charge >= 0.3 is 6.09 Å². The Bertz CT molecular complexity index is 554. The van der Waals surface area contributed by atoms with Gasteiger partial charge < -0.3 is 20.7 Å². The second kappa shape index (κ2) is 11.6. The van der Waals surface area contributed by atoms with E-state index in [1.54, 1.807) is 11.3 Å². The van der Waals surface area contributed by atoms with Crippen molar-refractivity contribution in [2.45, 2.75) is 59.1 Å². The molecule has 0 spiro atoms. The summed E-state index contributed by atoms with van der Waals surface area (Å²) in [7, 11) is 0. The third-order valence-electron chi connectivity index (χ3n) is 3.06. The molecular formula is C18H33IN4O2S. The number of rotatable bonds is 7. The molecule has 1 rings (SSSR count). The highest BCUT2D eigenvalue weighted by Crippen LogP contribution is 2.10. The molecular weight excluding hydrogens is 463 g/mol. The highest BCUT2D eigenvalue weighted by Gasteiger charge is 2.24. The van der Waals surface area contributed by atoms with E-state index in [-0.39, 0.29) is 24.0 Å². The maximum absolute atomic E-state index is 11.9. The van der Waals surface area contributed by atoms with E-state index in [2.05, 4.69) is 38.5 Å². The van der Waals surface area contributed by atoms with E-state index >= 15 is 0 Å². The molecule has 26 heavy (non-hydrogen) atoms. The van der Waals surface area contributed by atoms with Crippen molar-refractivity contribution in [1.82, 2.24) is 16.0 Å². The lowest BCUT2D eigenvalue weighted by Gasteiger charge is -2.27. The summed E-state index contributed by atoms with van der Waals surface area (Å²) in [5.41, 5.74) is -1.01. The molecule has 0 unspecified atom stereocenters. The maximum Gasteiger partial charge on any atom is 0.408 e. The van der Waals surface area contributed by atoms with Crippen LogP contribution in [0, 0.1) is 0 Å². The minimum atomic E-state index is -0.512. The van der Waals surface area contributed by atoms with Gasteiger partial charge in [-0.1, -0.05) is 6.07 Å². The first-order valence-electron chi connectivity index (χ1n) is 8.67. The summed E-state index contributed by atoms with van der Waals surface area (Å²) in [6, 6.07) is 4.19. The molecule has 0 saturated heterocycles. The zero-order chi connectivity index (χ0) is 18.9. The number of ether oxygens (including phenoxy) is 1. The van der Waals surface area contributed by atoms with Gasteiger partial charge in [0.1, 0.15) is 5.60 Å². The average molecular weight is 496 g/mol. The number of hydrogen-bond acceptors (Lipinski definition) is 4. The first-order chi connectivity index (χ1) is 11.6. The SMILES string of the molecule is CCNC(=NCC(C)(C)NC(=O)OC(C)(C)C)NCCc1cccs1.I. The van der Waals surface area contributed by atoms with E-state index in [0.29, 0.717) is 6.54 Å². The molecule has 1 heterocycles. The molecule has 0 saturated carbocycles. The predicted octanol–water partition coefficient (Wildman–Crippen LogP) is 3.77. The zero-order valence-corrected chi connectivity index (χ0v) is 19.8. The van der Waals surface area contributed by atoms with Crippen LogP contribution < -0.4 is 16.0 Å². The number of alkyl carbamates (subject to hydrolysis) is 1. The van der Waals surface area contributed by atoms with Crippen LogP contribution in [0.1, 0.15) is 46.4 Å². The maximum atomic E-state index is 11.9. The molecule has 6 nitrogen and oxygen atoms in total. The van der Waals surface area contributed by atoms with Crippen LogP contribution in [0.2, 0.25) is 0 Å². The normalized spacial score (nSPS) is 12.2. The first-order valence-corrected chi connectivity index (χ1v) is 9.55. The molecule has 0 aromatic carbocycles. The lowest BCUT2D eigenvalue weighted by Crippen LogP contribution is -2.49. The molecule has 150 valence electrons.